The molecule has 1 amide bonds. The second-order valence-corrected chi connectivity index (χ2v) is 8.27. The fourth-order valence-electron chi connectivity index (χ4n) is 2.62. The normalized spacial score (nSPS) is 12.5. The van der Waals surface area contributed by atoms with E-state index in [0.29, 0.717) is 11.3 Å². The predicted molar refractivity (Wildman–Crippen MR) is 105 cm³/mol. The van der Waals surface area contributed by atoms with Crippen LogP contribution in [0.1, 0.15) is 48.2 Å². The third kappa shape index (κ3) is 5.08. The zero-order valence-corrected chi connectivity index (χ0v) is 16.5. The molecule has 0 saturated carbocycles. The molecule has 0 bridgehead atoms. The molecule has 1 atom stereocenters. The van der Waals surface area contributed by atoms with Gasteiger partial charge in [0, 0.05) is 17.3 Å². The SMILES string of the molecule is CCCC(C)NC(=O)c1ccc(S(=O)(=O)Nc2ccc(C)c(C)c2)cc1. The molecule has 0 heterocycles. The van der Waals surface area contributed by atoms with E-state index >= 15 is 0 Å². The summed E-state index contributed by atoms with van der Waals surface area (Å²) in [5.74, 6) is -0.197. The van der Waals surface area contributed by atoms with E-state index in [1.807, 2.05) is 26.8 Å². The minimum Gasteiger partial charge on any atom is -0.350 e. The molecule has 2 aromatic carbocycles. The molecule has 2 aromatic rings. The third-order valence-corrected chi connectivity index (χ3v) is 5.68. The molecule has 0 aromatic heterocycles. The van der Waals surface area contributed by atoms with Crippen LogP contribution in [0.2, 0.25) is 0 Å². The highest BCUT2D eigenvalue weighted by molar-refractivity contribution is 7.92. The molecule has 1 unspecified atom stereocenters. The van der Waals surface area contributed by atoms with Gasteiger partial charge in [-0.1, -0.05) is 19.4 Å². The van der Waals surface area contributed by atoms with Crippen LogP contribution in [0.25, 0.3) is 0 Å². The Bertz CT molecular complexity index is 874. The van der Waals surface area contributed by atoms with Gasteiger partial charge in [-0.05, 0) is 74.7 Å². The van der Waals surface area contributed by atoms with E-state index in [4.69, 9.17) is 0 Å². The van der Waals surface area contributed by atoms with E-state index in [1.54, 1.807) is 12.1 Å². The predicted octanol–water partition coefficient (Wildman–Crippen LogP) is 4.02. The average molecular weight is 375 g/mol. The van der Waals surface area contributed by atoms with Gasteiger partial charge >= 0.3 is 0 Å². The van der Waals surface area contributed by atoms with E-state index < -0.39 is 10.0 Å². The summed E-state index contributed by atoms with van der Waals surface area (Å²) in [4.78, 5) is 12.3. The summed E-state index contributed by atoms with van der Waals surface area (Å²) in [5, 5.41) is 2.90. The second kappa shape index (κ2) is 8.36. The van der Waals surface area contributed by atoms with Crippen LogP contribution in [-0.4, -0.2) is 20.4 Å². The number of sulfonamides is 1. The van der Waals surface area contributed by atoms with E-state index in [-0.39, 0.29) is 16.8 Å². The zero-order valence-electron chi connectivity index (χ0n) is 15.7. The van der Waals surface area contributed by atoms with Crippen molar-refractivity contribution in [3.8, 4) is 0 Å². The van der Waals surface area contributed by atoms with Crippen LogP contribution in [-0.2, 0) is 10.0 Å². The number of hydrogen-bond acceptors (Lipinski definition) is 3. The van der Waals surface area contributed by atoms with Crippen molar-refractivity contribution in [2.24, 2.45) is 0 Å². The van der Waals surface area contributed by atoms with Gasteiger partial charge in [0.2, 0.25) is 0 Å². The number of amides is 1. The van der Waals surface area contributed by atoms with E-state index in [9.17, 15) is 13.2 Å². The highest BCUT2D eigenvalue weighted by Crippen LogP contribution is 2.19. The van der Waals surface area contributed by atoms with E-state index in [1.165, 1.54) is 24.3 Å². The molecule has 0 aliphatic heterocycles. The molecule has 5 nitrogen and oxygen atoms in total. The molecule has 0 saturated heterocycles. The lowest BCUT2D eigenvalue weighted by molar-refractivity contribution is 0.0938. The fraction of sp³-hybridized carbons (Fsp3) is 0.350. The van der Waals surface area contributed by atoms with Gasteiger partial charge in [-0.15, -0.1) is 0 Å². The number of aryl methyl sites for hydroxylation is 2. The van der Waals surface area contributed by atoms with Gasteiger partial charge in [0.15, 0.2) is 0 Å². The van der Waals surface area contributed by atoms with Gasteiger partial charge in [0.05, 0.1) is 4.90 Å². The van der Waals surface area contributed by atoms with E-state index in [2.05, 4.69) is 17.0 Å². The maximum atomic E-state index is 12.5. The number of rotatable bonds is 7. The first-order valence-corrected chi connectivity index (χ1v) is 10.2. The van der Waals surface area contributed by atoms with Crippen LogP contribution >= 0.6 is 0 Å². The van der Waals surface area contributed by atoms with Crippen molar-refractivity contribution in [2.75, 3.05) is 4.72 Å². The Balaban J connectivity index is 2.13. The Morgan fingerprint density at radius 3 is 2.27 bits per heavy atom. The molecular weight excluding hydrogens is 348 g/mol. The van der Waals surface area contributed by atoms with Gasteiger partial charge in [-0.25, -0.2) is 8.42 Å². The average Bonchev–Trinajstić information content (AvgIpc) is 2.58. The largest absolute Gasteiger partial charge is 0.350 e. The minimum atomic E-state index is -3.70. The Kier molecular flexibility index (Phi) is 6.42. The van der Waals surface area contributed by atoms with Crippen LogP contribution in [0.3, 0.4) is 0 Å². The number of nitrogens with one attached hydrogen (secondary N) is 2. The summed E-state index contributed by atoms with van der Waals surface area (Å²) in [7, 11) is -3.70. The Morgan fingerprint density at radius 2 is 1.69 bits per heavy atom. The molecule has 6 heteroatoms. The summed E-state index contributed by atoms with van der Waals surface area (Å²) in [6.45, 7) is 7.91. The van der Waals surface area contributed by atoms with Crippen LogP contribution < -0.4 is 10.0 Å². The van der Waals surface area contributed by atoms with Gasteiger partial charge < -0.3 is 5.32 Å². The van der Waals surface area contributed by atoms with Crippen LogP contribution in [0.4, 0.5) is 5.69 Å². The van der Waals surface area contributed by atoms with Crippen LogP contribution in [0.5, 0.6) is 0 Å². The van der Waals surface area contributed by atoms with Crippen molar-refractivity contribution >= 4 is 21.6 Å². The first kappa shape index (κ1) is 20.0. The van der Waals surface area contributed by atoms with E-state index in [0.717, 1.165) is 24.0 Å². The molecule has 0 radical (unpaired) electrons. The number of benzene rings is 2. The van der Waals surface area contributed by atoms with Crippen LogP contribution in [0, 0.1) is 13.8 Å². The molecule has 0 aliphatic carbocycles. The summed E-state index contributed by atoms with van der Waals surface area (Å²) in [6, 6.07) is 11.4. The standard InChI is InChI=1S/C20H26N2O3S/c1-5-6-16(4)21-20(23)17-8-11-19(12-9-17)26(24,25)22-18-10-7-14(2)15(3)13-18/h7-13,16,22H,5-6H2,1-4H3,(H,21,23). The molecule has 140 valence electrons. The zero-order chi connectivity index (χ0) is 19.3. The first-order chi connectivity index (χ1) is 12.2. The molecule has 2 N–H and O–H groups in total. The summed E-state index contributed by atoms with van der Waals surface area (Å²) in [5.41, 5.74) is 3.07. The lowest BCUT2D eigenvalue weighted by Crippen LogP contribution is -2.32. The van der Waals surface area contributed by atoms with Crippen molar-refractivity contribution in [2.45, 2.75) is 51.5 Å². The quantitative estimate of drug-likeness (QED) is 0.768. The molecule has 26 heavy (non-hydrogen) atoms. The van der Waals surface area contributed by atoms with Gasteiger partial charge in [0.25, 0.3) is 15.9 Å². The number of anilines is 1. The third-order valence-electron chi connectivity index (χ3n) is 4.29. The van der Waals surface area contributed by atoms with Crippen molar-refractivity contribution in [3.63, 3.8) is 0 Å². The summed E-state index contributed by atoms with van der Waals surface area (Å²) >= 11 is 0. The molecule has 0 aliphatic rings. The molecule has 0 fully saturated rings. The number of hydrogen-bond donors (Lipinski definition) is 2. The maximum absolute atomic E-state index is 12.5. The monoisotopic (exact) mass is 374 g/mol. The maximum Gasteiger partial charge on any atom is 0.261 e. The number of carbonyl (C=O) groups excluding carboxylic acids is 1. The van der Waals surface area contributed by atoms with Crippen molar-refractivity contribution < 1.29 is 13.2 Å². The van der Waals surface area contributed by atoms with Crippen molar-refractivity contribution in [3.05, 3.63) is 59.2 Å². The van der Waals surface area contributed by atoms with Gasteiger partial charge in [0.1, 0.15) is 0 Å². The Morgan fingerprint density at radius 1 is 1.04 bits per heavy atom. The Hall–Kier alpha value is -2.34. The fourth-order valence-corrected chi connectivity index (χ4v) is 3.67. The highest BCUT2D eigenvalue weighted by Gasteiger charge is 2.16. The smallest absolute Gasteiger partial charge is 0.261 e. The Labute approximate surface area is 155 Å². The molecular formula is C20H26N2O3S. The number of carbonyl (C=O) groups is 1. The first-order valence-electron chi connectivity index (χ1n) is 8.74. The summed E-state index contributed by atoms with van der Waals surface area (Å²) in [6.07, 6.45) is 1.89. The van der Waals surface area contributed by atoms with Crippen molar-refractivity contribution in [1.29, 1.82) is 0 Å². The van der Waals surface area contributed by atoms with Gasteiger partial charge in [-0.3, -0.25) is 9.52 Å². The van der Waals surface area contributed by atoms with Gasteiger partial charge in [-0.2, -0.15) is 0 Å². The lowest BCUT2D eigenvalue weighted by atomic mass is 10.1. The summed E-state index contributed by atoms with van der Waals surface area (Å²) < 4.78 is 27.6. The van der Waals surface area contributed by atoms with Crippen molar-refractivity contribution in [1.82, 2.24) is 5.32 Å². The van der Waals surface area contributed by atoms with Crippen LogP contribution in [0.15, 0.2) is 47.4 Å². The highest BCUT2D eigenvalue weighted by atomic mass is 32.2. The lowest BCUT2D eigenvalue weighted by Gasteiger charge is -2.13. The topological polar surface area (TPSA) is 75.3 Å². The second-order valence-electron chi connectivity index (χ2n) is 6.59. The molecule has 2 rings (SSSR count). The minimum absolute atomic E-state index is 0.0855. The molecule has 0 spiro atoms.